The van der Waals surface area contributed by atoms with Crippen molar-refractivity contribution in [2.24, 2.45) is 5.92 Å². The van der Waals surface area contributed by atoms with Crippen molar-refractivity contribution < 1.29 is 9.53 Å². The van der Waals surface area contributed by atoms with Crippen molar-refractivity contribution in [1.29, 1.82) is 5.26 Å². The van der Waals surface area contributed by atoms with Crippen LogP contribution < -0.4 is 0 Å². The summed E-state index contributed by atoms with van der Waals surface area (Å²) in [6, 6.07) is 2.10. The van der Waals surface area contributed by atoms with E-state index in [0.29, 0.717) is 18.6 Å². The van der Waals surface area contributed by atoms with Gasteiger partial charge in [0.05, 0.1) is 24.7 Å². The van der Waals surface area contributed by atoms with Crippen molar-refractivity contribution in [3.63, 3.8) is 0 Å². The molecule has 0 aromatic rings. The first-order chi connectivity index (χ1) is 6.31. The quantitative estimate of drug-likeness (QED) is 0.611. The first-order valence-corrected chi connectivity index (χ1v) is 4.86. The Balaban J connectivity index is 2.00. The molecule has 3 atom stereocenters. The van der Waals surface area contributed by atoms with E-state index in [1.54, 1.807) is 0 Å². The van der Waals surface area contributed by atoms with E-state index in [-0.39, 0.29) is 18.1 Å². The van der Waals surface area contributed by atoms with Gasteiger partial charge in [-0.1, -0.05) is 0 Å². The molecular formula is C10H13NO2. The van der Waals surface area contributed by atoms with Crippen molar-refractivity contribution in [1.82, 2.24) is 0 Å². The monoisotopic (exact) mass is 179 g/mol. The van der Waals surface area contributed by atoms with Crippen molar-refractivity contribution in [2.45, 2.75) is 44.3 Å². The molecule has 1 saturated heterocycles. The summed E-state index contributed by atoms with van der Waals surface area (Å²) in [5, 5.41) is 8.51. The predicted molar refractivity (Wildman–Crippen MR) is 45.9 cm³/mol. The van der Waals surface area contributed by atoms with Crippen LogP contribution in [0, 0.1) is 17.2 Å². The standard InChI is InChI=1S/C10H13NO2/c11-5-4-7-6-8-9(12)2-1-3-10(8)13-7/h7-8,10H,1-4,6H2/t7-,8-,10-/m1/s1. The van der Waals surface area contributed by atoms with Gasteiger partial charge < -0.3 is 4.74 Å². The van der Waals surface area contributed by atoms with Crippen molar-refractivity contribution in [2.75, 3.05) is 0 Å². The van der Waals surface area contributed by atoms with Crippen molar-refractivity contribution >= 4 is 5.78 Å². The molecule has 1 aliphatic heterocycles. The number of hydrogen-bond acceptors (Lipinski definition) is 3. The minimum Gasteiger partial charge on any atom is -0.373 e. The lowest BCUT2D eigenvalue weighted by Crippen LogP contribution is -2.28. The van der Waals surface area contributed by atoms with Gasteiger partial charge in [-0.2, -0.15) is 5.26 Å². The highest BCUT2D eigenvalue weighted by atomic mass is 16.5. The number of hydrogen-bond donors (Lipinski definition) is 0. The first-order valence-electron chi connectivity index (χ1n) is 4.86. The van der Waals surface area contributed by atoms with Gasteiger partial charge in [0.1, 0.15) is 5.78 Å². The van der Waals surface area contributed by atoms with Crippen LogP contribution in [0.2, 0.25) is 0 Å². The first kappa shape index (κ1) is 8.71. The largest absolute Gasteiger partial charge is 0.373 e. The lowest BCUT2D eigenvalue weighted by molar-refractivity contribution is -0.127. The molecule has 2 rings (SSSR count). The van der Waals surface area contributed by atoms with E-state index in [2.05, 4.69) is 6.07 Å². The summed E-state index contributed by atoms with van der Waals surface area (Å²) in [7, 11) is 0. The second-order valence-corrected chi connectivity index (χ2v) is 3.86. The van der Waals surface area contributed by atoms with Crippen LogP contribution in [0.15, 0.2) is 0 Å². The van der Waals surface area contributed by atoms with Gasteiger partial charge in [-0.3, -0.25) is 4.79 Å². The van der Waals surface area contributed by atoms with E-state index >= 15 is 0 Å². The lowest BCUT2D eigenvalue weighted by Gasteiger charge is -2.21. The highest BCUT2D eigenvalue weighted by Gasteiger charge is 2.41. The molecule has 0 amide bonds. The summed E-state index contributed by atoms with van der Waals surface area (Å²) >= 11 is 0. The fraction of sp³-hybridized carbons (Fsp3) is 0.800. The molecule has 0 spiro atoms. The molecule has 70 valence electrons. The fourth-order valence-electron chi connectivity index (χ4n) is 2.34. The third kappa shape index (κ3) is 1.59. The average molecular weight is 179 g/mol. The smallest absolute Gasteiger partial charge is 0.138 e. The Morgan fingerprint density at radius 2 is 2.46 bits per heavy atom. The highest BCUT2D eigenvalue weighted by molar-refractivity contribution is 5.82. The number of carbonyl (C=O) groups is 1. The predicted octanol–water partition coefficient (Wildman–Crippen LogP) is 1.43. The van der Waals surface area contributed by atoms with E-state index in [1.807, 2.05) is 0 Å². The Morgan fingerprint density at radius 1 is 1.62 bits per heavy atom. The van der Waals surface area contributed by atoms with E-state index in [0.717, 1.165) is 19.3 Å². The molecule has 0 radical (unpaired) electrons. The molecule has 0 aromatic carbocycles. The van der Waals surface area contributed by atoms with Gasteiger partial charge in [-0.25, -0.2) is 0 Å². The maximum absolute atomic E-state index is 11.5. The van der Waals surface area contributed by atoms with Crippen LogP contribution in [0.5, 0.6) is 0 Å². The molecule has 0 N–H and O–H groups in total. The van der Waals surface area contributed by atoms with E-state index in [1.165, 1.54) is 0 Å². The Bertz CT molecular complexity index is 256. The number of Topliss-reactive ketones (excluding diaryl/α,β-unsaturated/α-hetero) is 1. The topological polar surface area (TPSA) is 50.1 Å². The van der Waals surface area contributed by atoms with Gasteiger partial charge in [-0.05, 0) is 19.3 Å². The minimum atomic E-state index is 0.0158. The molecular weight excluding hydrogens is 166 g/mol. The van der Waals surface area contributed by atoms with Gasteiger partial charge >= 0.3 is 0 Å². The molecule has 1 heterocycles. The summed E-state index contributed by atoms with van der Waals surface area (Å²) in [4.78, 5) is 11.5. The molecule has 0 aromatic heterocycles. The van der Waals surface area contributed by atoms with Crippen LogP contribution in [0.1, 0.15) is 32.1 Å². The van der Waals surface area contributed by atoms with Gasteiger partial charge in [0, 0.05) is 12.3 Å². The summed E-state index contributed by atoms with van der Waals surface area (Å²) in [5.41, 5.74) is 0. The number of rotatable bonds is 1. The van der Waals surface area contributed by atoms with Crippen LogP contribution in [0.25, 0.3) is 0 Å². The SMILES string of the molecule is N#CC[C@@H]1C[C@@H]2C(=O)CCC[C@H]2O1. The van der Waals surface area contributed by atoms with Crippen LogP contribution in [0.3, 0.4) is 0 Å². The zero-order chi connectivity index (χ0) is 9.26. The van der Waals surface area contributed by atoms with Crippen LogP contribution in [-0.4, -0.2) is 18.0 Å². The fourth-order valence-corrected chi connectivity index (χ4v) is 2.34. The van der Waals surface area contributed by atoms with Crippen molar-refractivity contribution in [3.8, 4) is 6.07 Å². The van der Waals surface area contributed by atoms with Crippen LogP contribution in [-0.2, 0) is 9.53 Å². The van der Waals surface area contributed by atoms with Gasteiger partial charge in [0.2, 0.25) is 0 Å². The zero-order valence-electron chi connectivity index (χ0n) is 7.53. The number of carbonyl (C=O) groups excluding carboxylic acids is 1. The Hall–Kier alpha value is -0.880. The number of fused-ring (bicyclic) bond motifs is 1. The van der Waals surface area contributed by atoms with Gasteiger partial charge in [0.25, 0.3) is 0 Å². The Kier molecular flexibility index (Phi) is 2.32. The molecule has 2 fully saturated rings. The molecule has 13 heavy (non-hydrogen) atoms. The molecule has 0 unspecified atom stereocenters. The second kappa shape index (κ2) is 3.47. The maximum Gasteiger partial charge on any atom is 0.138 e. The summed E-state index contributed by atoms with van der Waals surface area (Å²) in [5.74, 6) is 0.448. The molecule has 0 bridgehead atoms. The molecule has 1 saturated carbocycles. The van der Waals surface area contributed by atoms with Gasteiger partial charge in [-0.15, -0.1) is 0 Å². The van der Waals surface area contributed by atoms with Crippen LogP contribution in [0.4, 0.5) is 0 Å². The molecule has 3 heteroatoms. The summed E-state index contributed by atoms with van der Waals surface area (Å²) < 4.78 is 5.63. The lowest BCUT2D eigenvalue weighted by atomic mass is 9.84. The Morgan fingerprint density at radius 3 is 3.15 bits per heavy atom. The average Bonchev–Trinajstić information content (AvgIpc) is 2.49. The summed E-state index contributed by atoms with van der Waals surface area (Å²) in [6.07, 6.45) is 4.01. The zero-order valence-corrected chi connectivity index (χ0v) is 7.53. The molecule has 1 aliphatic carbocycles. The number of nitrogens with zero attached hydrogens (tertiary/aromatic N) is 1. The molecule has 2 aliphatic rings. The van der Waals surface area contributed by atoms with Crippen LogP contribution >= 0.6 is 0 Å². The highest BCUT2D eigenvalue weighted by Crippen LogP contribution is 2.36. The van der Waals surface area contributed by atoms with E-state index in [9.17, 15) is 4.79 Å². The molecule has 3 nitrogen and oxygen atoms in total. The number of nitriles is 1. The Labute approximate surface area is 77.7 Å². The normalized spacial score (nSPS) is 38.4. The van der Waals surface area contributed by atoms with E-state index in [4.69, 9.17) is 10.00 Å². The number of ether oxygens (including phenoxy) is 1. The van der Waals surface area contributed by atoms with E-state index < -0.39 is 0 Å². The third-order valence-electron chi connectivity index (χ3n) is 2.98. The number of ketones is 1. The van der Waals surface area contributed by atoms with Gasteiger partial charge in [0.15, 0.2) is 0 Å². The maximum atomic E-state index is 11.5. The second-order valence-electron chi connectivity index (χ2n) is 3.86. The minimum absolute atomic E-state index is 0.0158. The van der Waals surface area contributed by atoms with Crippen molar-refractivity contribution in [3.05, 3.63) is 0 Å². The summed E-state index contributed by atoms with van der Waals surface area (Å²) in [6.45, 7) is 0. The third-order valence-corrected chi connectivity index (χ3v) is 2.98.